The number of hydrogen-bond acceptors (Lipinski definition) is 23. The second kappa shape index (κ2) is 49.3. The van der Waals surface area contributed by atoms with Crippen LogP contribution in [-0.4, -0.2) is 261 Å². The zero-order chi connectivity index (χ0) is 100. The summed E-state index contributed by atoms with van der Waals surface area (Å²) in [6, 6.07) is 47.1. The van der Waals surface area contributed by atoms with Gasteiger partial charge in [0, 0.05) is 118 Å². The molecule has 5 N–H and O–H groups in total. The topological polar surface area (TPSA) is 450 Å². The molecule has 5 saturated heterocycles. The number of halogens is 2. The molecule has 2 aliphatic carbocycles. The number of ketones is 5. The number of amides is 12. The average molecular weight is 1910 g/mol. The van der Waals surface area contributed by atoms with Gasteiger partial charge in [0.25, 0.3) is 35.5 Å². The lowest BCUT2D eigenvalue weighted by atomic mass is 9.86. The van der Waals surface area contributed by atoms with E-state index in [1.165, 1.54) is 90.2 Å². The van der Waals surface area contributed by atoms with Crippen LogP contribution in [0, 0.1) is 71.0 Å². The monoisotopic (exact) mass is 1900 g/mol. The third kappa shape index (κ3) is 29.6. The van der Waals surface area contributed by atoms with Crippen LogP contribution in [0.25, 0.3) is 0 Å². The number of rotatable bonds is 35. The molecule has 8 aromatic rings. The Morgan fingerprint density at radius 1 is 0.367 bits per heavy atom. The van der Waals surface area contributed by atoms with Crippen LogP contribution in [0.15, 0.2) is 208 Å². The lowest BCUT2D eigenvalue weighted by molar-refractivity contribution is -0.142. The molecule has 3 aromatic heterocycles. The number of alkyl halides is 2. The lowest BCUT2D eigenvalue weighted by Gasteiger charge is -2.18. The number of nitrogens with one attached hydrogen (secondary N) is 5. The zero-order valence-corrected chi connectivity index (χ0v) is 79.2. The smallest absolute Gasteiger partial charge is 0.287 e. The summed E-state index contributed by atoms with van der Waals surface area (Å²) < 4.78 is 26.1. The molecule has 7 aliphatic rings. The van der Waals surface area contributed by atoms with Crippen molar-refractivity contribution < 1.29 is 90.3 Å². The fourth-order valence-electron chi connectivity index (χ4n) is 16.6. The highest BCUT2D eigenvalue weighted by Gasteiger charge is 2.53. The van der Waals surface area contributed by atoms with E-state index in [-0.39, 0.29) is 118 Å². The van der Waals surface area contributed by atoms with Gasteiger partial charge >= 0.3 is 0 Å². The predicted molar refractivity (Wildman–Crippen MR) is 506 cm³/mol. The molecule has 35 nitrogen and oxygen atoms in total. The summed E-state index contributed by atoms with van der Waals surface area (Å²) in [5.74, 6) is -17.4. The molecule has 5 aliphatic heterocycles. The number of hydrogen-bond donors (Lipinski definition) is 5. The first-order valence-corrected chi connectivity index (χ1v) is 46.4. The number of Topliss-reactive ketones (excluding diaryl/α,β-unsaturated/α-hetero) is 5. The Morgan fingerprint density at radius 3 is 0.928 bits per heavy atom. The number of nitrogens with zero attached hydrogens (tertiary/aromatic N) is 13. The standard InChI is InChI=1S/2C21H29N3O4.C20H20F2N4O3.2C20H20N4O3/c2*1-14(2)11-22-20(27)19(26)17-12-24(13-18(25)23(3)4)21(28)16(17)10-15-8-6-5-7-9-15;1-20(21,22)11-25-18(28)17(27)16-10-26(14-8-23-12-24-9-14)19(29)15(16)7-13-5-3-2-4-6-13;2*25-18(19(26)23-14-6-7-14)16-12-24(17-11-21-8-9-22-17)20(27)15(16)10-13-4-2-1-3-5-13/h2*5-9,14,16-17H,10-13H2,1-4H3,(H,22,27);2-6,8-9,12,15-16H,7,10-11H2,1H3,(H,25,28);2*1-5,8-9,11,14-16H,6-7,10,12H2,(H,23,26)/t2*16-,17+;3*15-,16+/m10110/s1. The Balaban J connectivity index is 0.000000166. The molecular formula is C102H118F2N18O17. The molecule has 7 fully saturated rings. The van der Waals surface area contributed by atoms with Crippen LogP contribution in [0.3, 0.4) is 0 Å². The van der Waals surface area contributed by atoms with Gasteiger partial charge in [-0.15, -0.1) is 0 Å². The van der Waals surface area contributed by atoms with E-state index < -0.39 is 130 Å². The quantitative estimate of drug-likeness (QED) is 0.0310. The van der Waals surface area contributed by atoms with Gasteiger partial charge in [-0.3, -0.25) is 101 Å². The first-order chi connectivity index (χ1) is 66.4. The van der Waals surface area contributed by atoms with Gasteiger partial charge in [0.2, 0.25) is 70.3 Å². The average Bonchev–Trinajstić information content (AvgIpc) is 1.64. The van der Waals surface area contributed by atoms with Gasteiger partial charge in [-0.1, -0.05) is 179 Å². The molecule has 732 valence electrons. The Kier molecular flexibility index (Phi) is 37.1. The Labute approximate surface area is 804 Å². The number of likely N-dealkylation sites (tertiary alicyclic amines) is 2. The third-order valence-corrected chi connectivity index (χ3v) is 24.6. The van der Waals surface area contributed by atoms with Crippen LogP contribution in [0.4, 0.5) is 26.1 Å². The van der Waals surface area contributed by atoms with Crippen LogP contribution < -0.4 is 41.3 Å². The van der Waals surface area contributed by atoms with E-state index in [1.54, 1.807) is 28.2 Å². The molecular weight excluding hydrogens is 1790 g/mol. The minimum Gasteiger partial charge on any atom is -0.349 e. The fraction of sp³-hybridized carbons (Fsp3) is 0.422. The Hall–Kier alpha value is -14.8. The number of benzene rings is 5. The highest BCUT2D eigenvalue weighted by Crippen LogP contribution is 2.38. The van der Waals surface area contributed by atoms with E-state index in [2.05, 4.69) is 51.2 Å². The van der Waals surface area contributed by atoms with Gasteiger partial charge < -0.3 is 51.1 Å². The number of carbonyl (C=O) groups is 17. The maximum absolute atomic E-state index is 13.1. The van der Waals surface area contributed by atoms with Gasteiger partial charge in [-0.25, -0.2) is 28.7 Å². The van der Waals surface area contributed by atoms with Gasteiger partial charge in [0.05, 0.1) is 109 Å². The first kappa shape index (κ1) is 105. The molecule has 10 atom stereocenters. The van der Waals surface area contributed by atoms with Crippen molar-refractivity contribution in [3.05, 3.63) is 235 Å². The van der Waals surface area contributed by atoms with Crippen molar-refractivity contribution in [3.63, 3.8) is 0 Å². The molecule has 15 rings (SSSR count). The summed E-state index contributed by atoms with van der Waals surface area (Å²) in [7, 11) is 6.47. The van der Waals surface area contributed by atoms with Gasteiger partial charge in [-0.05, 0) is 97.4 Å². The molecule has 0 bridgehead atoms. The Morgan fingerprint density at radius 2 is 0.647 bits per heavy atom. The van der Waals surface area contributed by atoms with Crippen molar-refractivity contribution in [2.75, 3.05) is 108 Å². The van der Waals surface area contributed by atoms with E-state index in [9.17, 15) is 90.3 Å². The highest BCUT2D eigenvalue weighted by molar-refractivity contribution is 6.40. The summed E-state index contributed by atoms with van der Waals surface area (Å²) in [6.07, 6.45) is 18.6. The van der Waals surface area contributed by atoms with E-state index >= 15 is 0 Å². The van der Waals surface area contributed by atoms with Crippen LogP contribution in [0.5, 0.6) is 0 Å². The summed E-state index contributed by atoms with van der Waals surface area (Å²) in [4.78, 5) is 249. The molecule has 37 heteroatoms. The predicted octanol–water partition coefficient (Wildman–Crippen LogP) is 5.40. The van der Waals surface area contributed by atoms with Crippen molar-refractivity contribution in [1.82, 2.24) is 76.1 Å². The molecule has 0 spiro atoms. The summed E-state index contributed by atoms with van der Waals surface area (Å²) in [5.41, 5.74) is 4.99. The molecule has 0 unspecified atom stereocenters. The van der Waals surface area contributed by atoms with Crippen molar-refractivity contribution in [1.29, 1.82) is 0 Å². The highest BCUT2D eigenvalue weighted by atomic mass is 19.3. The Bertz CT molecular complexity index is 5390. The maximum Gasteiger partial charge on any atom is 0.287 e. The summed E-state index contributed by atoms with van der Waals surface area (Å²) in [6.45, 7) is 8.51. The molecule has 2 saturated carbocycles. The molecule has 5 aromatic carbocycles. The largest absolute Gasteiger partial charge is 0.349 e. The number of anilines is 3. The lowest BCUT2D eigenvalue weighted by Crippen LogP contribution is -2.42. The molecule has 139 heavy (non-hydrogen) atoms. The van der Waals surface area contributed by atoms with E-state index in [1.807, 2.05) is 185 Å². The van der Waals surface area contributed by atoms with Crippen molar-refractivity contribution >= 4 is 117 Å². The molecule has 0 radical (unpaired) electrons. The van der Waals surface area contributed by atoms with E-state index in [0.717, 1.165) is 53.5 Å². The zero-order valence-electron chi connectivity index (χ0n) is 79.2. The number of aromatic nitrogens is 6. The van der Waals surface area contributed by atoms with Crippen molar-refractivity contribution in [3.8, 4) is 0 Å². The second-order valence-electron chi connectivity index (χ2n) is 36.9. The molecule has 8 heterocycles. The minimum absolute atomic E-state index is 0.0432. The number of likely N-dealkylation sites (N-methyl/N-ethyl adjacent to an activating group) is 2. The van der Waals surface area contributed by atoms with Crippen LogP contribution in [-0.2, 0) is 114 Å². The SMILES string of the molecule is CC(C)CNC(=O)C(=O)[C@@H]1CN(CC(=O)N(C)C)C(=O)[C@H]1Cc1ccccc1.CC(C)CNC(=O)C(=O)[C@H]1CN(CC(=O)N(C)C)C(=O)[C@@H]1Cc1ccccc1.CC(F)(F)CNC(=O)C(=O)[C@H]1CN(c2cncnc2)C(=O)[C@@H]1Cc1ccccc1.O=C(NC1CC1)C(=O)[C@@H]1CN(c2cnccn2)C(=O)[C@H]1Cc1ccccc1.O=C(NC1CC1)C(=O)[C@H]1CN(c2cnccn2)C(=O)[C@@H]1Cc1ccccc1. The van der Waals surface area contributed by atoms with Crippen molar-refractivity contribution in [2.24, 2.45) is 71.0 Å². The maximum atomic E-state index is 13.1. The van der Waals surface area contributed by atoms with Gasteiger partial charge in [-0.2, -0.15) is 0 Å². The van der Waals surface area contributed by atoms with Gasteiger partial charge in [0.1, 0.15) is 6.33 Å². The normalized spacial score (nSPS) is 20.2. The third-order valence-electron chi connectivity index (χ3n) is 24.6. The van der Waals surface area contributed by atoms with Crippen LogP contribution in [0.2, 0.25) is 0 Å². The molecule has 12 amide bonds. The van der Waals surface area contributed by atoms with Crippen molar-refractivity contribution in [2.45, 2.75) is 110 Å². The fourth-order valence-corrected chi connectivity index (χ4v) is 16.6. The van der Waals surface area contributed by atoms with E-state index in [4.69, 9.17) is 0 Å². The van der Waals surface area contributed by atoms with E-state index in [0.29, 0.717) is 63.0 Å². The summed E-state index contributed by atoms with van der Waals surface area (Å²) in [5, 5.41) is 12.7. The van der Waals surface area contributed by atoms with Gasteiger partial charge in [0.15, 0.2) is 11.6 Å². The minimum atomic E-state index is -3.14. The number of carbonyl (C=O) groups excluding carboxylic acids is 17. The first-order valence-electron chi connectivity index (χ1n) is 46.4. The van der Waals surface area contributed by atoms with Crippen LogP contribution >= 0.6 is 0 Å². The second-order valence-corrected chi connectivity index (χ2v) is 36.9. The van der Waals surface area contributed by atoms with Crippen LogP contribution in [0.1, 0.15) is 88.1 Å². The summed E-state index contributed by atoms with van der Waals surface area (Å²) >= 11 is 0.